The topological polar surface area (TPSA) is 63.5 Å². The van der Waals surface area contributed by atoms with Gasteiger partial charge in [-0.3, -0.25) is 14.9 Å². The molecular formula is C14H17ClN2O3. The molecule has 0 radical (unpaired) electrons. The Labute approximate surface area is 122 Å². The van der Waals surface area contributed by atoms with Gasteiger partial charge in [0.2, 0.25) is 0 Å². The number of rotatable bonds is 3. The Morgan fingerprint density at radius 1 is 1.35 bits per heavy atom. The molecule has 0 N–H and O–H groups in total. The van der Waals surface area contributed by atoms with Crippen LogP contribution in [0.2, 0.25) is 5.02 Å². The van der Waals surface area contributed by atoms with Gasteiger partial charge in [-0.25, -0.2) is 0 Å². The lowest BCUT2D eigenvalue weighted by Gasteiger charge is -2.31. The zero-order valence-electron chi connectivity index (χ0n) is 11.3. The molecule has 108 valence electrons. The van der Waals surface area contributed by atoms with Gasteiger partial charge in [-0.2, -0.15) is 0 Å². The largest absolute Gasteiger partial charge is 0.339 e. The van der Waals surface area contributed by atoms with Crippen molar-refractivity contribution in [3.8, 4) is 0 Å². The monoisotopic (exact) mass is 296 g/mol. The normalized spacial score (nSPS) is 15.9. The number of nitro benzene ring substituents is 1. The van der Waals surface area contributed by atoms with Crippen LogP contribution in [0.25, 0.3) is 0 Å². The quantitative estimate of drug-likeness (QED) is 0.631. The van der Waals surface area contributed by atoms with Gasteiger partial charge in [0.05, 0.1) is 4.92 Å². The third kappa shape index (κ3) is 3.10. The molecule has 0 unspecified atom stereocenters. The van der Waals surface area contributed by atoms with E-state index in [0.717, 1.165) is 25.7 Å². The van der Waals surface area contributed by atoms with Gasteiger partial charge in [-0.15, -0.1) is 0 Å². The maximum atomic E-state index is 12.5. The molecule has 0 atom stereocenters. The smallest absolute Gasteiger partial charge is 0.283 e. The Morgan fingerprint density at radius 2 is 2.00 bits per heavy atom. The van der Waals surface area contributed by atoms with Crippen LogP contribution < -0.4 is 0 Å². The Balaban J connectivity index is 2.26. The molecule has 6 heteroatoms. The van der Waals surface area contributed by atoms with Gasteiger partial charge in [0.1, 0.15) is 5.56 Å². The summed E-state index contributed by atoms with van der Waals surface area (Å²) in [6.45, 7) is 0. The van der Waals surface area contributed by atoms with E-state index in [-0.39, 0.29) is 28.2 Å². The lowest BCUT2D eigenvalue weighted by molar-refractivity contribution is -0.385. The van der Waals surface area contributed by atoms with Crippen LogP contribution in [0.5, 0.6) is 0 Å². The molecule has 5 nitrogen and oxygen atoms in total. The van der Waals surface area contributed by atoms with E-state index in [1.807, 2.05) is 0 Å². The predicted octanol–water partition coefficient (Wildman–Crippen LogP) is 3.65. The molecule has 1 fully saturated rings. The summed E-state index contributed by atoms with van der Waals surface area (Å²) in [6, 6.07) is 4.34. The highest BCUT2D eigenvalue weighted by atomic mass is 35.5. The molecule has 1 aliphatic rings. The number of amides is 1. The first-order chi connectivity index (χ1) is 9.50. The van der Waals surface area contributed by atoms with Crippen molar-refractivity contribution in [3.63, 3.8) is 0 Å². The zero-order valence-corrected chi connectivity index (χ0v) is 12.1. The van der Waals surface area contributed by atoms with E-state index in [1.165, 1.54) is 24.6 Å². The Kier molecular flexibility index (Phi) is 4.60. The van der Waals surface area contributed by atoms with Gasteiger partial charge in [0.25, 0.3) is 11.6 Å². The molecular weight excluding hydrogens is 280 g/mol. The van der Waals surface area contributed by atoms with Crippen LogP contribution >= 0.6 is 11.6 Å². The van der Waals surface area contributed by atoms with E-state index in [1.54, 1.807) is 11.9 Å². The molecule has 0 spiro atoms. The minimum absolute atomic E-state index is 0.104. The highest BCUT2D eigenvalue weighted by Crippen LogP contribution is 2.27. The maximum absolute atomic E-state index is 12.5. The second-order valence-electron chi connectivity index (χ2n) is 5.13. The highest BCUT2D eigenvalue weighted by Gasteiger charge is 2.28. The van der Waals surface area contributed by atoms with Gasteiger partial charge in [-0.05, 0) is 25.0 Å². The van der Waals surface area contributed by atoms with Gasteiger partial charge in [0, 0.05) is 24.2 Å². The fourth-order valence-corrected chi connectivity index (χ4v) is 2.83. The number of nitrogens with zero attached hydrogens (tertiary/aromatic N) is 2. The Hall–Kier alpha value is -1.62. The summed E-state index contributed by atoms with van der Waals surface area (Å²) in [4.78, 5) is 24.6. The van der Waals surface area contributed by atoms with Crippen LogP contribution in [0.15, 0.2) is 18.2 Å². The molecule has 2 rings (SSSR count). The number of carbonyl (C=O) groups is 1. The fourth-order valence-electron chi connectivity index (χ4n) is 2.66. The molecule has 0 saturated heterocycles. The average molecular weight is 297 g/mol. The molecule has 0 aliphatic heterocycles. The van der Waals surface area contributed by atoms with E-state index in [9.17, 15) is 14.9 Å². The van der Waals surface area contributed by atoms with Crippen molar-refractivity contribution >= 4 is 23.2 Å². The highest BCUT2D eigenvalue weighted by molar-refractivity contribution is 6.31. The molecule has 1 amide bonds. The molecule has 0 bridgehead atoms. The first kappa shape index (κ1) is 14.8. The van der Waals surface area contributed by atoms with Crippen molar-refractivity contribution in [2.45, 2.75) is 38.1 Å². The second kappa shape index (κ2) is 6.22. The molecule has 20 heavy (non-hydrogen) atoms. The third-order valence-electron chi connectivity index (χ3n) is 3.83. The van der Waals surface area contributed by atoms with Crippen molar-refractivity contribution in [2.24, 2.45) is 0 Å². The SMILES string of the molecule is CN(C(=O)c1ccc(Cl)cc1[N+](=O)[O-])C1CCCCC1. The minimum atomic E-state index is -0.562. The van der Waals surface area contributed by atoms with E-state index >= 15 is 0 Å². The lowest BCUT2D eigenvalue weighted by Crippen LogP contribution is -2.38. The standard InChI is InChI=1S/C14H17ClN2O3/c1-16(11-5-3-2-4-6-11)14(18)12-8-7-10(15)9-13(12)17(19)20/h7-9,11H,2-6H2,1H3. The van der Waals surface area contributed by atoms with E-state index in [4.69, 9.17) is 11.6 Å². The lowest BCUT2D eigenvalue weighted by atomic mass is 9.94. The molecule has 0 aromatic heterocycles. The zero-order chi connectivity index (χ0) is 14.7. The number of halogens is 1. The summed E-state index contributed by atoms with van der Waals surface area (Å²) >= 11 is 5.76. The summed E-state index contributed by atoms with van der Waals surface area (Å²) in [6.07, 6.45) is 5.32. The third-order valence-corrected chi connectivity index (χ3v) is 4.06. The van der Waals surface area contributed by atoms with Crippen LogP contribution in [-0.2, 0) is 0 Å². The van der Waals surface area contributed by atoms with Crippen LogP contribution in [0.1, 0.15) is 42.5 Å². The fraction of sp³-hybridized carbons (Fsp3) is 0.500. The maximum Gasteiger partial charge on any atom is 0.283 e. The van der Waals surface area contributed by atoms with Crippen molar-refractivity contribution in [1.29, 1.82) is 0 Å². The van der Waals surface area contributed by atoms with Gasteiger partial charge in [-0.1, -0.05) is 30.9 Å². The minimum Gasteiger partial charge on any atom is -0.339 e. The number of hydrogen-bond donors (Lipinski definition) is 0. The first-order valence-electron chi connectivity index (χ1n) is 6.72. The van der Waals surface area contributed by atoms with Gasteiger partial charge in [0.15, 0.2) is 0 Å². The average Bonchev–Trinajstić information content (AvgIpc) is 2.46. The van der Waals surface area contributed by atoms with Crippen molar-refractivity contribution < 1.29 is 9.72 Å². The Bertz CT molecular complexity index is 527. The van der Waals surface area contributed by atoms with Crippen LogP contribution in [0, 0.1) is 10.1 Å². The molecule has 0 heterocycles. The second-order valence-corrected chi connectivity index (χ2v) is 5.56. The first-order valence-corrected chi connectivity index (χ1v) is 7.09. The number of carbonyl (C=O) groups excluding carboxylic acids is 1. The van der Waals surface area contributed by atoms with E-state index in [2.05, 4.69) is 0 Å². The van der Waals surface area contributed by atoms with Crippen LogP contribution in [0.3, 0.4) is 0 Å². The summed E-state index contributed by atoms with van der Waals surface area (Å²) in [5, 5.41) is 11.3. The van der Waals surface area contributed by atoms with Crippen molar-refractivity contribution in [2.75, 3.05) is 7.05 Å². The van der Waals surface area contributed by atoms with Crippen molar-refractivity contribution in [1.82, 2.24) is 4.90 Å². The summed E-state index contributed by atoms with van der Waals surface area (Å²) < 4.78 is 0. The number of hydrogen-bond acceptors (Lipinski definition) is 3. The van der Waals surface area contributed by atoms with E-state index in [0.29, 0.717) is 0 Å². The van der Waals surface area contributed by atoms with Gasteiger partial charge < -0.3 is 4.90 Å². The number of benzene rings is 1. The molecule has 1 aromatic rings. The molecule has 1 aromatic carbocycles. The van der Waals surface area contributed by atoms with Crippen LogP contribution in [-0.4, -0.2) is 28.8 Å². The predicted molar refractivity (Wildman–Crippen MR) is 77.1 cm³/mol. The molecule has 1 saturated carbocycles. The molecule has 1 aliphatic carbocycles. The summed E-state index contributed by atoms with van der Waals surface area (Å²) in [7, 11) is 1.72. The summed E-state index contributed by atoms with van der Waals surface area (Å²) in [5.41, 5.74) is -0.127. The summed E-state index contributed by atoms with van der Waals surface area (Å²) in [5.74, 6) is -0.305. The van der Waals surface area contributed by atoms with Crippen LogP contribution in [0.4, 0.5) is 5.69 Å². The number of nitro groups is 1. The Morgan fingerprint density at radius 3 is 2.60 bits per heavy atom. The van der Waals surface area contributed by atoms with E-state index < -0.39 is 4.92 Å². The van der Waals surface area contributed by atoms with Crippen molar-refractivity contribution in [3.05, 3.63) is 38.9 Å². The van der Waals surface area contributed by atoms with Gasteiger partial charge >= 0.3 is 0 Å².